The molecule has 0 radical (unpaired) electrons. The third-order valence-electron chi connectivity index (χ3n) is 3.22. The first-order chi connectivity index (χ1) is 12.0. The van der Waals surface area contributed by atoms with Gasteiger partial charge in [-0.15, -0.1) is 6.58 Å². The zero-order valence-corrected chi connectivity index (χ0v) is 13.7. The third-order valence-corrected chi connectivity index (χ3v) is 3.22. The molecular formula is C17H18N2O6. The fraction of sp³-hybridized carbons (Fsp3) is 0.235. The van der Waals surface area contributed by atoms with Crippen LogP contribution in [0.5, 0.6) is 5.75 Å². The number of hydrogen-bond donors (Lipinski definition) is 2. The van der Waals surface area contributed by atoms with Gasteiger partial charge < -0.3 is 19.2 Å². The van der Waals surface area contributed by atoms with E-state index in [4.69, 9.17) is 13.9 Å². The highest BCUT2D eigenvalue weighted by molar-refractivity contribution is 5.95. The molecule has 8 heteroatoms. The molecule has 3 amide bonds. The molecule has 2 N–H and O–H groups in total. The van der Waals surface area contributed by atoms with E-state index in [2.05, 4.69) is 11.9 Å². The summed E-state index contributed by atoms with van der Waals surface area (Å²) < 4.78 is 15.3. The van der Waals surface area contributed by atoms with E-state index in [1.54, 1.807) is 25.3 Å². The Morgan fingerprint density at radius 2 is 2.12 bits per heavy atom. The number of carbonyl (C=O) groups is 3. The van der Waals surface area contributed by atoms with E-state index in [0.717, 1.165) is 5.39 Å². The van der Waals surface area contributed by atoms with Crippen LogP contribution in [0.3, 0.4) is 0 Å². The monoisotopic (exact) mass is 346 g/mol. The van der Waals surface area contributed by atoms with Gasteiger partial charge in [-0.2, -0.15) is 0 Å². The Labute approximate surface area is 143 Å². The highest BCUT2D eigenvalue weighted by Crippen LogP contribution is 2.25. The van der Waals surface area contributed by atoms with Gasteiger partial charge in [0.25, 0.3) is 5.91 Å². The van der Waals surface area contributed by atoms with Gasteiger partial charge >= 0.3 is 12.0 Å². The van der Waals surface area contributed by atoms with Crippen LogP contribution in [0.4, 0.5) is 4.79 Å². The van der Waals surface area contributed by atoms with E-state index < -0.39 is 24.5 Å². The smallest absolute Gasteiger partial charge is 0.321 e. The van der Waals surface area contributed by atoms with Crippen molar-refractivity contribution in [2.24, 2.45) is 0 Å². The third kappa shape index (κ3) is 5.10. The number of methoxy groups -OCH3 is 1. The van der Waals surface area contributed by atoms with Crippen molar-refractivity contribution >= 4 is 28.9 Å². The second-order valence-corrected chi connectivity index (χ2v) is 5.01. The summed E-state index contributed by atoms with van der Waals surface area (Å²) in [4.78, 5) is 34.6. The normalized spacial score (nSPS) is 10.1. The molecule has 2 aromatic rings. The summed E-state index contributed by atoms with van der Waals surface area (Å²) in [6.45, 7) is 3.09. The van der Waals surface area contributed by atoms with Crippen molar-refractivity contribution in [1.29, 1.82) is 0 Å². The zero-order chi connectivity index (χ0) is 18.2. The van der Waals surface area contributed by atoms with E-state index in [-0.39, 0.29) is 13.0 Å². The van der Waals surface area contributed by atoms with Crippen LogP contribution >= 0.6 is 0 Å². The molecule has 1 aromatic carbocycles. The highest BCUT2D eigenvalue weighted by atomic mass is 16.5. The molecule has 0 atom stereocenters. The number of amides is 3. The average molecular weight is 346 g/mol. The van der Waals surface area contributed by atoms with Crippen LogP contribution in [0.25, 0.3) is 11.0 Å². The molecule has 0 fully saturated rings. The topological polar surface area (TPSA) is 107 Å². The standard InChI is InChI=1S/C17H18N2O6/c1-3-6-18-17(22)19-15(20)10-25-16(21)7-11-9-24-14-8-12(23-2)4-5-13(11)14/h3-5,8-9H,1,6-7,10H2,2H3,(H2,18,19,20,22). The molecule has 0 bridgehead atoms. The maximum Gasteiger partial charge on any atom is 0.321 e. The lowest BCUT2D eigenvalue weighted by Crippen LogP contribution is -2.41. The number of urea groups is 1. The van der Waals surface area contributed by atoms with Gasteiger partial charge in [-0.25, -0.2) is 4.79 Å². The molecule has 2 rings (SSSR count). The quantitative estimate of drug-likeness (QED) is 0.582. The van der Waals surface area contributed by atoms with Gasteiger partial charge in [0.2, 0.25) is 0 Å². The number of furan rings is 1. The van der Waals surface area contributed by atoms with E-state index in [1.807, 2.05) is 5.32 Å². The van der Waals surface area contributed by atoms with E-state index >= 15 is 0 Å². The van der Waals surface area contributed by atoms with E-state index in [1.165, 1.54) is 12.3 Å². The second-order valence-electron chi connectivity index (χ2n) is 5.01. The molecule has 0 aliphatic rings. The summed E-state index contributed by atoms with van der Waals surface area (Å²) >= 11 is 0. The molecule has 0 aliphatic carbocycles. The lowest BCUT2D eigenvalue weighted by atomic mass is 10.1. The number of benzene rings is 1. The van der Waals surface area contributed by atoms with Gasteiger partial charge in [-0.3, -0.25) is 14.9 Å². The lowest BCUT2D eigenvalue weighted by molar-refractivity contribution is -0.147. The minimum Gasteiger partial charge on any atom is -0.497 e. The van der Waals surface area contributed by atoms with Crippen molar-refractivity contribution in [3.8, 4) is 5.75 Å². The fourth-order valence-electron chi connectivity index (χ4n) is 2.05. The number of rotatable bonds is 7. The number of imide groups is 1. The first-order valence-corrected chi connectivity index (χ1v) is 7.41. The highest BCUT2D eigenvalue weighted by Gasteiger charge is 2.14. The van der Waals surface area contributed by atoms with Crippen molar-refractivity contribution in [3.05, 3.63) is 42.7 Å². The molecule has 8 nitrogen and oxygen atoms in total. The predicted molar refractivity (Wildman–Crippen MR) is 89.2 cm³/mol. The number of fused-ring (bicyclic) bond motifs is 1. The summed E-state index contributed by atoms with van der Waals surface area (Å²) in [5.41, 5.74) is 1.21. The molecule has 0 saturated carbocycles. The molecule has 0 aliphatic heterocycles. The van der Waals surface area contributed by atoms with Crippen LogP contribution in [0.15, 0.2) is 41.5 Å². The maximum absolute atomic E-state index is 11.9. The first kappa shape index (κ1) is 18.1. The van der Waals surface area contributed by atoms with Gasteiger partial charge in [0, 0.05) is 23.6 Å². The van der Waals surface area contributed by atoms with E-state index in [9.17, 15) is 14.4 Å². The van der Waals surface area contributed by atoms with Gasteiger partial charge in [-0.1, -0.05) is 6.08 Å². The summed E-state index contributed by atoms with van der Waals surface area (Å²) in [6, 6.07) is 4.55. The summed E-state index contributed by atoms with van der Waals surface area (Å²) in [5, 5.41) is 5.15. The summed E-state index contributed by atoms with van der Waals surface area (Å²) in [6.07, 6.45) is 2.86. The Bertz CT molecular complexity index is 796. The van der Waals surface area contributed by atoms with Crippen molar-refractivity contribution in [2.75, 3.05) is 20.3 Å². The number of hydrogen-bond acceptors (Lipinski definition) is 6. The molecule has 0 unspecified atom stereocenters. The summed E-state index contributed by atoms with van der Waals surface area (Å²) in [5.74, 6) is -0.695. The molecule has 0 saturated heterocycles. The van der Waals surface area contributed by atoms with E-state index in [0.29, 0.717) is 16.9 Å². The zero-order valence-electron chi connectivity index (χ0n) is 13.7. The van der Waals surface area contributed by atoms with Crippen LogP contribution in [0.2, 0.25) is 0 Å². The Morgan fingerprint density at radius 1 is 1.32 bits per heavy atom. The Balaban J connectivity index is 1.85. The minimum absolute atomic E-state index is 0.0602. The fourth-order valence-corrected chi connectivity index (χ4v) is 2.05. The van der Waals surface area contributed by atoms with Crippen LogP contribution in [-0.4, -0.2) is 38.2 Å². The van der Waals surface area contributed by atoms with Crippen molar-refractivity contribution in [1.82, 2.24) is 10.6 Å². The Hall–Kier alpha value is -3.29. The number of carbonyl (C=O) groups excluding carboxylic acids is 3. The largest absolute Gasteiger partial charge is 0.497 e. The molecular weight excluding hydrogens is 328 g/mol. The van der Waals surface area contributed by atoms with Crippen LogP contribution in [0, 0.1) is 0 Å². The summed E-state index contributed by atoms with van der Waals surface area (Å²) in [7, 11) is 1.55. The SMILES string of the molecule is C=CCNC(=O)NC(=O)COC(=O)Cc1coc2cc(OC)ccc12. The van der Waals surface area contributed by atoms with Crippen molar-refractivity contribution in [2.45, 2.75) is 6.42 Å². The van der Waals surface area contributed by atoms with Crippen molar-refractivity contribution < 1.29 is 28.3 Å². The van der Waals surface area contributed by atoms with Gasteiger partial charge in [-0.05, 0) is 12.1 Å². The Morgan fingerprint density at radius 3 is 2.84 bits per heavy atom. The molecule has 25 heavy (non-hydrogen) atoms. The Kier molecular flexibility index (Phi) is 6.16. The second kappa shape index (κ2) is 8.53. The van der Waals surface area contributed by atoms with Gasteiger partial charge in [0.15, 0.2) is 6.61 Å². The van der Waals surface area contributed by atoms with Crippen LogP contribution < -0.4 is 15.4 Å². The van der Waals surface area contributed by atoms with Gasteiger partial charge in [0.05, 0.1) is 19.8 Å². The first-order valence-electron chi connectivity index (χ1n) is 7.41. The maximum atomic E-state index is 11.9. The van der Waals surface area contributed by atoms with Crippen LogP contribution in [-0.2, 0) is 20.7 Å². The number of esters is 1. The molecule has 132 valence electrons. The lowest BCUT2D eigenvalue weighted by Gasteiger charge is -2.06. The number of nitrogens with one attached hydrogen (secondary N) is 2. The predicted octanol–water partition coefficient (Wildman–Crippen LogP) is 1.54. The average Bonchev–Trinajstić information content (AvgIpc) is 3.00. The number of ether oxygens (including phenoxy) is 2. The minimum atomic E-state index is -0.725. The van der Waals surface area contributed by atoms with Crippen molar-refractivity contribution in [3.63, 3.8) is 0 Å². The molecule has 0 spiro atoms. The van der Waals surface area contributed by atoms with Crippen LogP contribution in [0.1, 0.15) is 5.56 Å². The van der Waals surface area contributed by atoms with Gasteiger partial charge in [0.1, 0.15) is 11.3 Å². The molecule has 1 aromatic heterocycles. The molecule has 1 heterocycles.